The highest BCUT2D eigenvalue weighted by atomic mass is 15.0. The van der Waals surface area contributed by atoms with E-state index in [-0.39, 0.29) is 0 Å². The molecule has 0 aliphatic heterocycles. The lowest BCUT2D eigenvalue weighted by molar-refractivity contribution is 1.06. The van der Waals surface area contributed by atoms with Crippen molar-refractivity contribution >= 4 is 21.8 Å². The van der Waals surface area contributed by atoms with Gasteiger partial charge in [0.25, 0.3) is 0 Å². The third-order valence-electron chi connectivity index (χ3n) is 7.67. The largest absolute Gasteiger partial charge is 0.309 e. The Labute approximate surface area is 248 Å². The maximum Gasteiger partial charge on any atom is 0.162 e. The maximum atomic E-state index is 5.02. The van der Waals surface area contributed by atoms with Crippen molar-refractivity contribution in [3.8, 4) is 51.0 Å². The third-order valence-corrected chi connectivity index (χ3v) is 7.67. The topological polar surface area (TPSA) is 69.4 Å². The van der Waals surface area contributed by atoms with Crippen molar-refractivity contribution in [1.29, 1.82) is 0 Å². The highest BCUT2D eigenvalue weighted by molar-refractivity contribution is 6.09. The van der Waals surface area contributed by atoms with E-state index in [0.717, 1.165) is 39.3 Å². The molecular weight excluding hydrogens is 528 g/mol. The van der Waals surface area contributed by atoms with E-state index in [1.807, 2.05) is 42.5 Å². The van der Waals surface area contributed by atoms with E-state index in [4.69, 9.17) is 9.97 Å². The van der Waals surface area contributed by atoms with Crippen LogP contribution in [0.4, 0.5) is 0 Å². The van der Waals surface area contributed by atoms with Gasteiger partial charge in [0.2, 0.25) is 0 Å². The van der Waals surface area contributed by atoms with Gasteiger partial charge in [-0.2, -0.15) is 0 Å². The van der Waals surface area contributed by atoms with Crippen LogP contribution in [0.25, 0.3) is 72.8 Å². The molecule has 43 heavy (non-hydrogen) atoms. The van der Waals surface area contributed by atoms with Gasteiger partial charge in [-0.25, -0.2) is 24.9 Å². The first kappa shape index (κ1) is 24.8. The number of rotatable bonds is 5. The lowest BCUT2D eigenvalue weighted by atomic mass is 10.0. The van der Waals surface area contributed by atoms with Crippen LogP contribution in [0.15, 0.2) is 146 Å². The minimum atomic E-state index is 0.620. The van der Waals surface area contributed by atoms with Crippen LogP contribution in [0, 0.1) is 0 Å². The molecule has 0 bridgehead atoms. The fraction of sp³-hybridized carbons (Fsp3) is 0. The van der Waals surface area contributed by atoms with Gasteiger partial charge in [-0.05, 0) is 36.4 Å². The summed E-state index contributed by atoms with van der Waals surface area (Å²) in [5.74, 6) is 1.29. The number of nitrogens with zero attached hydrogens (tertiary/aromatic N) is 6. The van der Waals surface area contributed by atoms with Gasteiger partial charge in [0.15, 0.2) is 11.6 Å². The Bertz CT molecular complexity index is 2170. The van der Waals surface area contributed by atoms with Crippen LogP contribution >= 0.6 is 0 Å². The van der Waals surface area contributed by atoms with Crippen molar-refractivity contribution in [3.05, 3.63) is 146 Å². The van der Waals surface area contributed by atoms with E-state index < -0.39 is 0 Å². The molecule has 3 aromatic heterocycles. The molecule has 0 unspecified atom stereocenters. The molecule has 0 atom stereocenters. The molecule has 0 N–H and O–H groups in total. The van der Waals surface area contributed by atoms with Gasteiger partial charge in [0, 0.05) is 38.7 Å². The second-order valence-corrected chi connectivity index (χ2v) is 10.3. The summed E-state index contributed by atoms with van der Waals surface area (Å²) in [7, 11) is 0. The average Bonchev–Trinajstić information content (AvgIpc) is 3.43. The SMILES string of the molecule is c1ccc(-c2nc(-c3ccc(-n4c5ccccc5c5ccccc54)cc3)cc(-c3cccc(-c4ncncn4)c3)n2)cc1. The average molecular weight is 553 g/mol. The monoisotopic (exact) mass is 552 g/mol. The molecule has 0 aliphatic rings. The molecule has 0 radical (unpaired) electrons. The highest BCUT2D eigenvalue weighted by Gasteiger charge is 2.14. The van der Waals surface area contributed by atoms with E-state index >= 15 is 0 Å². The smallest absolute Gasteiger partial charge is 0.162 e. The third kappa shape index (κ3) is 4.51. The van der Waals surface area contributed by atoms with Gasteiger partial charge < -0.3 is 4.57 Å². The molecule has 5 aromatic carbocycles. The van der Waals surface area contributed by atoms with E-state index in [2.05, 4.69) is 111 Å². The van der Waals surface area contributed by atoms with Gasteiger partial charge in [-0.3, -0.25) is 0 Å². The zero-order chi connectivity index (χ0) is 28.6. The van der Waals surface area contributed by atoms with Crippen LogP contribution in [0.5, 0.6) is 0 Å². The second kappa shape index (κ2) is 10.4. The second-order valence-electron chi connectivity index (χ2n) is 10.3. The summed E-state index contributed by atoms with van der Waals surface area (Å²) in [6.07, 6.45) is 3.02. The minimum Gasteiger partial charge on any atom is -0.309 e. The number of hydrogen-bond acceptors (Lipinski definition) is 5. The zero-order valence-electron chi connectivity index (χ0n) is 23.0. The molecule has 0 saturated carbocycles. The molecule has 202 valence electrons. The quantitative estimate of drug-likeness (QED) is 0.214. The summed E-state index contributed by atoms with van der Waals surface area (Å²) in [5, 5.41) is 2.49. The summed E-state index contributed by atoms with van der Waals surface area (Å²) in [6, 6.07) is 46.0. The van der Waals surface area contributed by atoms with Crippen molar-refractivity contribution in [2.75, 3.05) is 0 Å². The fourth-order valence-electron chi connectivity index (χ4n) is 5.65. The van der Waals surface area contributed by atoms with Gasteiger partial charge in [-0.1, -0.05) is 97.1 Å². The van der Waals surface area contributed by atoms with Crippen LogP contribution in [-0.2, 0) is 0 Å². The molecule has 6 heteroatoms. The molecule has 0 fully saturated rings. The molecule has 3 heterocycles. The predicted octanol–water partition coefficient (Wildman–Crippen LogP) is 8.43. The van der Waals surface area contributed by atoms with Crippen LogP contribution in [-0.4, -0.2) is 29.5 Å². The number of para-hydroxylation sites is 2. The Morgan fingerprint density at radius 1 is 0.419 bits per heavy atom. The molecule has 0 amide bonds. The number of benzene rings is 5. The van der Waals surface area contributed by atoms with Crippen molar-refractivity contribution in [1.82, 2.24) is 29.5 Å². The van der Waals surface area contributed by atoms with E-state index in [0.29, 0.717) is 11.6 Å². The molecule has 0 saturated heterocycles. The van der Waals surface area contributed by atoms with E-state index in [9.17, 15) is 0 Å². The minimum absolute atomic E-state index is 0.620. The standard InChI is InChI=1S/C37H24N6/c1-2-9-26(10-3-1)37-41-32(22-33(42-37)27-11-8-12-28(21-27)36-39-23-38-24-40-36)25-17-19-29(20-18-25)43-34-15-6-4-13-30(34)31-14-5-7-16-35(31)43/h1-24H. The van der Waals surface area contributed by atoms with Crippen LogP contribution in [0.3, 0.4) is 0 Å². The summed E-state index contributed by atoms with van der Waals surface area (Å²) < 4.78 is 2.32. The first-order chi connectivity index (χ1) is 21.3. The summed E-state index contributed by atoms with van der Waals surface area (Å²) >= 11 is 0. The fourth-order valence-corrected chi connectivity index (χ4v) is 5.65. The first-order valence-corrected chi connectivity index (χ1v) is 14.1. The molecule has 0 aliphatic carbocycles. The van der Waals surface area contributed by atoms with Crippen molar-refractivity contribution in [2.24, 2.45) is 0 Å². The van der Waals surface area contributed by atoms with Gasteiger partial charge in [-0.15, -0.1) is 0 Å². The van der Waals surface area contributed by atoms with Crippen LogP contribution < -0.4 is 0 Å². The van der Waals surface area contributed by atoms with E-state index in [1.165, 1.54) is 34.5 Å². The number of aromatic nitrogens is 6. The Hall–Kier alpha value is -6.01. The van der Waals surface area contributed by atoms with Crippen LogP contribution in [0.2, 0.25) is 0 Å². The van der Waals surface area contributed by atoms with Crippen LogP contribution in [0.1, 0.15) is 0 Å². The van der Waals surface area contributed by atoms with Crippen molar-refractivity contribution < 1.29 is 0 Å². The predicted molar refractivity (Wildman–Crippen MR) is 171 cm³/mol. The molecule has 0 spiro atoms. The Kier molecular flexibility index (Phi) is 6.01. The normalized spacial score (nSPS) is 11.3. The zero-order valence-corrected chi connectivity index (χ0v) is 23.0. The molecule has 8 aromatic rings. The Morgan fingerprint density at radius 3 is 1.70 bits per heavy atom. The number of hydrogen-bond donors (Lipinski definition) is 0. The van der Waals surface area contributed by atoms with Crippen molar-refractivity contribution in [2.45, 2.75) is 0 Å². The van der Waals surface area contributed by atoms with E-state index in [1.54, 1.807) is 0 Å². The highest BCUT2D eigenvalue weighted by Crippen LogP contribution is 2.33. The lowest BCUT2D eigenvalue weighted by Gasteiger charge is -2.12. The Balaban J connectivity index is 1.25. The summed E-state index contributed by atoms with van der Waals surface area (Å²) in [4.78, 5) is 22.6. The summed E-state index contributed by atoms with van der Waals surface area (Å²) in [5.41, 5.74) is 8.98. The Morgan fingerprint density at radius 2 is 1.00 bits per heavy atom. The van der Waals surface area contributed by atoms with Gasteiger partial charge in [0.1, 0.15) is 12.7 Å². The van der Waals surface area contributed by atoms with Gasteiger partial charge >= 0.3 is 0 Å². The maximum absolute atomic E-state index is 5.02. The van der Waals surface area contributed by atoms with Gasteiger partial charge in [0.05, 0.1) is 22.4 Å². The lowest BCUT2D eigenvalue weighted by Crippen LogP contribution is -1.97. The molecule has 8 rings (SSSR count). The first-order valence-electron chi connectivity index (χ1n) is 14.1. The number of fused-ring (bicyclic) bond motifs is 3. The van der Waals surface area contributed by atoms with Crippen molar-refractivity contribution in [3.63, 3.8) is 0 Å². The molecule has 6 nitrogen and oxygen atoms in total. The molecular formula is C37H24N6. The summed E-state index contributed by atoms with van der Waals surface area (Å²) in [6.45, 7) is 0.